The van der Waals surface area contributed by atoms with Crippen LogP contribution in [-0.4, -0.2) is 16.1 Å². The number of hydrogen-bond donors (Lipinski definition) is 3. The summed E-state index contributed by atoms with van der Waals surface area (Å²) < 4.78 is 0. The molecule has 5 heteroatoms. The Morgan fingerprint density at radius 3 is 2.60 bits per heavy atom. The molecule has 0 aromatic heterocycles. The van der Waals surface area contributed by atoms with E-state index in [1.807, 2.05) is 6.07 Å². The van der Waals surface area contributed by atoms with Crippen molar-refractivity contribution in [3.63, 3.8) is 0 Å². The van der Waals surface area contributed by atoms with E-state index in [9.17, 15) is 15.0 Å². The molecular weight excluding hydrogens is 316 g/mol. The number of aromatic hydroxyl groups is 2. The Kier molecular flexibility index (Phi) is 5.97. The maximum absolute atomic E-state index is 12.1. The maximum Gasteiger partial charge on any atom is 0.262 e. The van der Waals surface area contributed by atoms with Crippen LogP contribution in [0.2, 0.25) is 0 Å². The van der Waals surface area contributed by atoms with Crippen LogP contribution in [0, 0.1) is 18.3 Å². The van der Waals surface area contributed by atoms with Gasteiger partial charge in [0.25, 0.3) is 5.91 Å². The molecule has 0 spiro atoms. The predicted molar refractivity (Wildman–Crippen MR) is 95.5 cm³/mol. The zero-order valence-corrected chi connectivity index (χ0v) is 13.7. The number of benzene rings is 2. The summed E-state index contributed by atoms with van der Waals surface area (Å²) in [7, 11) is 0. The van der Waals surface area contributed by atoms with E-state index in [1.165, 1.54) is 6.08 Å². The van der Waals surface area contributed by atoms with Crippen LogP contribution in [0.4, 0.5) is 0 Å². The van der Waals surface area contributed by atoms with E-state index in [4.69, 9.17) is 5.26 Å². The van der Waals surface area contributed by atoms with Gasteiger partial charge in [0.2, 0.25) is 0 Å². The van der Waals surface area contributed by atoms with E-state index < -0.39 is 5.91 Å². The highest BCUT2D eigenvalue weighted by atomic mass is 16.3. The fourth-order valence-electron chi connectivity index (χ4n) is 2.14. The van der Waals surface area contributed by atoms with Crippen molar-refractivity contribution in [1.82, 2.24) is 5.32 Å². The molecule has 2 aromatic rings. The van der Waals surface area contributed by atoms with Crippen LogP contribution in [0.3, 0.4) is 0 Å². The summed E-state index contributed by atoms with van der Waals surface area (Å²) in [5.41, 5.74) is 2.10. The largest absolute Gasteiger partial charge is 0.508 e. The van der Waals surface area contributed by atoms with E-state index >= 15 is 0 Å². The monoisotopic (exact) mass is 334 g/mol. The van der Waals surface area contributed by atoms with Crippen LogP contribution in [0.5, 0.6) is 11.5 Å². The average molecular weight is 334 g/mol. The summed E-state index contributed by atoms with van der Waals surface area (Å²) in [4.78, 5) is 12.1. The molecule has 0 heterocycles. The van der Waals surface area contributed by atoms with Crippen LogP contribution >= 0.6 is 0 Å². The van der Waals surface area contributed by atoms with E-state index in [2.05, 4.69) is 5.32 Å². The van der Waals surface area contributed by atoms with Crippen LogP contribution in [-0.2, 0) is 11.3 Å². The van der Waals surface area contributed by atoms with E-state index in [1.54, 1.807) is 61.5 Å². The first kappa shape index (κ1) is 17.8. The number of nitrogens with one attached hydrogen (secondary N) is 1. The van der Waals surface area contributed by atoms with Gasteiger partial charge in [-0.15, -0.1) is 0 Å². The van der Waals surface area contributed by atoms with Gasteiger partial charge in [0.1, 0.15) is 23.1 Å². The molecule has 0 aliphatic carbocycles. The highest BCUT2D eigenvalue weighted by Gasteiger charge is 2.09. The lowest BCUT2D eigenvalue weighted by molar-refractivity contribution is -0.117. The number of para-hydroxylation sites is 1. The quantitative estimate of drug-likeness (QED) is 0.445. The van der Waals surface area contributed by atoms with Gasteiger partial charge in [-0.3, -0.25) is 4.79 Å². The van der Waals surface area contributed by atoms with Crippen molar-refractivity contribution in [2.45, 2.75) is 13.5 Å². The maximum atomic E-state index is 12.1. The number of allylic oxidation sites excluding steroid dienone is 2. The molecule has 0 saturated carbocycles. The average Bonchev–Trinajstić information content (AvgIpc) is 2.61. The molecule has 0 aliphatic heterocycles. The van der Waals surface area contributed by atoms with Crippen molar-refractivity contribution in [2.24, 2.45) is 0 Å². The van der Waals surface area contributed by atoms with Gasteiger partial charge >= 0.3 is 0 Å². The summed E-state index contributed by atoms with van der Waals surface area (Å²) in [5.74, 6) is -0.208. The third kappa shape index (κ3) is 4.98. The standard InChI is InChI=1S/C20H18N2O3/c1-14-4-2-7-17(19(14)24)13-22-20(25)16(12-21)6-3-5-15-8-10-18(23)11-9-15/h2-11,23-24H,13H2,1H3,(H,22,25)/b5-3+,16-6+. The number of carbonyl (C=O) groups is 1. The minimum Gasteiger partial charge on any atom is -0.508 e. The molecule has 3 N–H and O–H groups in total. The van der Waals surface area contributed by atoms with Crippen molar-refractivity contribution < 1.29 is 15.0 Å². The van der Waals surface area contributed by atoms with Gasteiger partial charge in [-0.2, -0.15) is 5.26 Å². The normalized spacial score (nSPS) is 11.3. The lowest BCUT2D eigenvalue weighted by atomic mass is 10.1. The smallest absolute Gasteiger partial charge is 0.262 e. The minimum atomic E-state index is -0.515. The number of aryl methyl sites for hydroxylation is 1. The van der Waals surface area contributed by atoms with Gasteiger partial charge in [0, 0.05) is 12.1 Å². The van der Waals surface area contributed by atoms with Gasteiger partial charge in [-0.25, -0.2) is 0 Å². The SMILES string of the molecule is Cc1cccc(CNC(=O)/C(C#N)=C/C=C/c2ccc(O)cc2)c1O. The van der Waals surface area contributed by atoms with Gasteiger partial charge in [0.15, 0.2) is 0 Å². The van der Waals surface area contributed by atoms with Crippen molar-refractivity contribution in [1.29, 1.82) is 5.26 Å². The van der Waals surface area contributed by atoms with Crippen molar-refractivity contribution in [3.05, 3.63) is 76.9 Å². The number of hydrogen-bond acceptors (Lipinski definition) is 4. The van der Waals surface area contributed by atoms with Crippen LogP contribution in [0.25, 0.3) is 6.08 Å². The molecule has 0 aliphatic rings. The summed E-state index contributed by atoms with van der Waals surface area (Å²) in [6, 6.07) is 13.7. The Balaban J connectivity index is 2.01. The lowest BCUT2D eigenvalue weighted by Crippen LogP contribution is -2.24. The van der Waals surface area contributed by atoms with Gasteiger partial charge < -0.3 is 15.5 Å². The molecule has 5 nitrogen and oxygen atoms in total. The number of amides is 1. The second-order valence-electron chi connectivity index (χ2n) is 5.41. The third-order valence-electron chi connectivity index (χ3n) is 3.57. The van der Waals surface area contributed by atoms with Crippen molar-refractivity contribution >= 4 is 12.0 Å². The topological polar surface area (TPSA) is 93.4 Å². The molecule has 0 fully saturated rings. The second kappa shape index (κ2) is 8.37. The molecule has 0 saturated heterocycles. The van der Waals surface area contributed by atoms with Crippen LogP contribution < -0.4 is 5.32 Å². The van der Waals surface area contributed by atoms with Gasteiger partial charge in [0.05, 0.1) is 0 Å². The first-order valence-corrected chi connectivity index (χ1v) is 7.64. The Labute approximate surface area is 146 Å². The zero-order chi connectivity index (χ0) is 18.2. The molecule has 126 valence electrons. The number of nitrogens with zero attached hydrogens (tertiary/aromatic N) is 1. The van der Waals surface area contributed by atoms with Crippen molar-refractivity contribution in [2.75, 3.05) is 0 Å². The Bertz CT molecular complexity index is 860. The lowest BCUT2D eigenvalue weighted by Gasteiger charge is -2.08. The number of rotatable bonds is 5. The molecular formula is C20H18N2O3. The molecule has 2 aromatic carbocycles. The molecule has 25 heavy (non-hydrogen) atoms. The number of carbonyl (C=O) groups excluding carboxylic acids is 1. The molecule has 1 amide bonds. The van der Waals surface area contributed by atoms with Gasteiger partial charge in [-0.05, 0) is 36.3 Å². The zero-order valence-electron chi connectivity index (χ0n) is 13.7. The summed E-state index contributed by atoms with van der Waals surface area (Å²) in [6.45, 7) is 1.91. The molecule has 0 bridgehead atoms. The van der Waals surface area contributed by atoms with Crippen molar-refractivity contribution in [3.8, 4) is 17.6 Å². The highest BCUT2D eigenvalue weighted by Crippen LogP contribution is 2.21. The predicted octanol–water partition coefficient (Wildman–Crippen LogP) is 3.19. The summed E-state index contributed by atoms with van der Waals surface area (Å²) >= 11 is 0. The summed E-state index contributed by atoms with van der Waals surface area (Å²) in [6.07, 6.45) is 4.73. The van der Waals surface area contributed by atoms with Gasteiger partial charge in [-0.1, -0.05) is 42.5 Å². The first-order valence-electron chi connectivity index (χ1n) is 7.64. The van der Waals surface area contributed by atoms with E-state index in [0.717, 1.165) is 11.1 Å². The number of phenolic OH excluding ortho intramolecular Hbond substituents is 2. The van der Waals surface area contributed by atoms with E-state index in [-0.39, 0.29) is 23.6 Å². The highest BCUT2D eigenvalue weighted by molar-refractivity contribution is 5.97. The molecule has 0 atom stereocenters. The Hall–Kier alpha value is -3.52. The first-order chi connectivity index (χ1) is 12.0. The fourth-order valence-corrected chi connectivity index (χ4v) is 2.14. The van der Waals surface area contributed by atoms with Crippen LogP contribution in [0.15, 0.2) is 60.2 Å². The molecule has 2 rings (SSSR count). The minimum absolute atomic E-state index is 0.0397. The molecule has 0 radical (unpaired) electrons. The second-order valence-corrected chi connectivity index (χ2v) is 5.41. The number of phenols is 2. The fraction of sp³-hybridized carbons (Fsp3) is 0.100. The third-order valence-corrected chi connectivity index (χ3v) is 3.57. The Morgan fingerprint density at radius 1 is 1.20 bits per heavy atom. The number of nitriles is 1. The summed E-state index contributed by atoms with van der Waals surface area (Å²) in [5, 5.41) is 30.9. The Morgan fingerprint density at radius 2 is 1.92 bits per heavy atom. The molecule has 0 unspecified atom stereocenters. The van der Waals surface area contributed by atoms with Crippen LogP contribution in [0.1, 0.15) is 16.7 Å². The van der Waals surface area contributed by atoms with E-state index in [0.29, 0.717) is 5.56 Å².